The van der Waals surface area contributed by atoms with Gasteiger partial charge in [-0.3, -0.25) is 19.6 Å². The van der Waals surface area contributed by atoms with Crippen molar-refractivity contribution in [3.63, 3.8) is 0 Å². The van der Waals surface area contributed by atoms with E-state index < -0.39 is 10.4 Å². The van der Waals surface area contributed by atoms with Gasteiger partial charge in [0.05, 0.1) is 0 Å². The molecular weight excluding hydrogens is 179 g/mol. The Bertz CT molecular complexity index is 108. The summed E-state index contributed by atoms with van der Waals surface area (Å²) >= 11 is 0. The fraction of sp³-hybridized carbons (Fsp3) is 0. The molecule has 0 aromatic heterocycles. The van der Waals surface area contributed by atoms with Gasteiger partial charge < -0.3 is 4.79 Å². The molecule has 9 heteroatoms. The molecule has 4 N–H and O–H groups in total. The van der Waals surface area contributed by atoms with E-state index >= 15 is 0 Å². The van der Waals surface area contributed by atoms with E-state index in [1.165, 1.54) is 0 Å². The van der Waals surface area contributed by atoms with Gasteiger partial charge in [-0.15, -0.1) is 0 Å². The van der Waals surface area contributed by atoms with Crippen molar-refractivity contribution in [2.24, 2.45) is 0 Å². The van der Waals surface area contributed by atoms with Crippen LogP contribution in [0.2, 0.25) is 0 Å². The Hall–Kier alpha value is 0.460. The van der Waals surface area contributed by atoms with Gasteiger partial charge >= 0.3 is 40.0 Å². The SMILES string of the molecule is C=O.O=S(=O)(O)O.OO.[NaH]. The van der Waals surface area contributed by atoms with E-state index in [0.717, 1.165) is 0 Å². The minimum atomic E-state index is -4.67. The van der Waals surface area contributed by atoms with Gasteiger partial charge in [-0.2, -0.15) is 8.42 Å². The molecule has 0 atom stereocenters. The molecule has 0 rings (SSSR count). The third kappa shape index (κ3) is 2230. The van der Waals surface area contributed by atoms with Crippen molar-refractivity contribution in [1.82, 2.24) is 0 Å². The zero-order chi connectivity index (χ0) is 8.50. The number of rotatable bonds is 0. The summed E-state index contributed by atoms with van der Waals surface area (Å²) in [5, 5.41) is 12.0. The zero-order valence-electron chi connectivity index (χ0n) is 4.13. The quantitative estimate of drug-likeness (QED) is 0.157. The van der Waals surface area contributed by atoms with Crippen molar-refractivity contribution in [3.8, 4) is 0 Å². The van der Waals surface area contributed by atoms with Crippen LogP contribution < -0.4 is 0 Å². The van der Waals surface area contributed by atoms with Crippen LogP contribution in [0.5, 0.6) is 0 Å². The van der Waals surface area contributed by atoms with E-state index in [9.17, 15) is 0 Å². The Morgan fingerprint density at radius 3 is 1.00 bits per heavy atom. The van der Waals surface area contributed by atoms with Gasteiger partial charge in [-0.1, -0.05) is 0 Å². The van der Waals surface area contributed by atoms with Crippen LogP contribution in [0.3, 0.4) is 0 Å². The van der Waals surface area contributed by atoms with Crippen LogP contribution in [0.25, 0.3) is 0 Å². The van der Waals surface area contributed by atoms with Gasteiger partial charge in [0.2, 0.25) is 0 Å². The molecule has 0 aliphatic heterocycles. The van der Waals surface area contributed by atoms with Gasteiger partial charge in [0.1, 0.15) is 6.79 Å². The first-order chi connectivity index (χ1) is 4.00. The monoisotopic (exact) mass is 186 g/mol. The Morgan fingerprint density at radius 2 is 1.00 bits per heavy atom. The number of hydrogen-bond donors (Lipinski definition) is 4. The predicted octanol–water partition coefficient (Wildman–Crippen LogP) is -1.47. The molecule has 0 aliphatic carbocycles. The summed E-state index contributed by atoms with van der Waals surface area (Å²) in [5.74, 6) is 0. The fourth-order valence-corrected chi connectivity index (χ4v) is 0. The Kier molecular flexibility index (Phi) is 36.4. The number of carbonyl (C=O) groups excluding carboxylic acids is 1. The van der Waals surface area contributed by atoms with Crippen molar-refractivity contribution in [2.75, 3.05) is 0 Å². The molecule has 0 fully saturated rings. The average molecular weight is 186 g/mol. The first kappa shape index (κ1) is 22.4. The summed E-state index contributed by atoms with van der Waals surface area (Å²) < 4.78 is 31.6. The maximum atomic E-state index is 8.74. The Balaban J connectivity index is -0.0000000315. The van der Waals surface area contributed by atoms with Gasteiger partial charge in [-0.05, 0) is 0 Å². The van der Waals surface area contributed by atoms with Crippen LogP contribution >= 0.6 is 0 Å². The second-order valence-electron chi connectivity index (χ2n) is 0.448. The van der Waals surface area contributed by atoms with Crippen LogP contribution in [0, 0.1) is 0 Å². The van der Waals surface area contributed by atoms with Gasteiger partial charge in [0, 0.05) is 0 Å². The normalized spacial score (nSPS) is 6.80. The van der Waals surface area contributed by atoms with Gasteiger partial charge in [-0.25, -0.2) is 0 Å². The van der Waals surface area contributed by atoms with Crippen molar-refractivity contribution < 1.29 is 32.8 Å². The van der Waals surface area contributed by atoms with Crippen LogP contribution in [-0.2, 0) is 15.2 Å². The molecule has 0 aromatic carbocycles. The van der Waals surface area contributed by atoms with Crippen molar-refractivity contribution >= 4 is 46.7 Å². The Morgan fingerprint density at radius 1 is 1.00 bits per heavy atom. The molecule has 0 heterocycles. The van der Waals surface area contributed by atoms with Crippen molar-refractivity contribution in [1.29, 1.82) is 0 Å². The van der Waals surface area contributed by atoms with E-state index in [4.69, 9.17) is 32.8 Å². The zero-order valence-corrected chi connectivity index (χ0v) is 4.95. The summed E-state index contributed by atoms with van der Waals surface area (Å²) in [6, 6.07) is 0. The summed E-state index contributed by atoms with van der Waals surface area (Å²) in [6.07, 6.45) is 0. The van der Waals surface area contributed by atoms with Gasteiger partial charge in [0.15, 0.2) is 0 Å². The molecule has 0 amide bonds. The van der Waals surface area contributed by atoms with E-state index in [-0.39, 0.29) is 29.6 Å². The molecule has 60 valence electrons. The summed E-state index contributed by atoms with van der Waals surface area (Å²) in [6.45, 7) is 2.00. The predicted molar refractivity (Wildman–Crippen MR) is 33.7 cm³/mol. The molecule has 0 saturated carbocycles. The molecule has 0 aromatic rings. The minimum absolute atomic E-state index is 0. The summed E-state index contributed by atoms with van der Waals surface area (Å²) in [7, 11) is -4.67. The van der Waals surface area contributed by atoms with Crippen LogP contribution in [0.4, 0.5) is 0 Å². The van der Waals surface area contributed by atoms with Crippen molar-refractivity contribution in [3.05, 3.63) is 0 Å². The molecule has 7 nitrogen and oxygen atoms in total. The standard InChI is InChI=1S/CH2O.Na.H2O4S.H2O2.H/c1-2;;1-5(2,3)4;1-2;/h1H2;;(H2,1,2,3,4);1-2H;. The first-order valence-electron chi connectivity index (χ1n) is 1.19. The topological polar surface area (TPSA) is 132 Å². The molecular formula is CH7NaO7S. The molecule has 0 radical (unpaired) electrons. The average Bonchev–Trinajstić information content (AvgIpc) is 1.72. The molecule has 10 heavy (non-hydrogen) atoms. The fourth-order valence-electron chi connectivity index (χ4n) is 0. The Labute approximate surface area is 79.5 Å². The van der Waals surface area contributed by atoms with Crippen LogP contribution in [-0.4, -0.2) is 64.4 Å². The number of carbonyl (C=O) groups is 1. The molecule has 0 aliphatic rings. The molecule has 0 unspecified atom stereocenters. The third-order valence-electron chi connectivity index (χ3n) is 0. The maximum absolute atomic E-state index is 8.74. The summed E-state index contributed by atoms with van der Waals surface area (Å²) in [5.41, 5.74) is 0. The van der Waals surface area contributed by atoms with E-state index in [0.29, 0.717) is 0 Å². The molecule has 0 saturated heterocycles. The van der Waals surface area contributed by atoms with Crippen molar-refractivity contribution in [2.45, 2.75) is 0 Å². The first-order valence-corrected chi connectivity index (χ1v) is 2.58. The van der Waals surface area contributed by atoms with Crippen LogP contribution in [0.1, 0.15) is 0 Å². The van der Waals surface area contributed by atoms with E-state index in [1.54, 1.807) is 0 Å². The third-order valence-corrected chi connectivity index (χ3v) is 0. The second-order valence-corrected chi connectivity index (χ2v) is 1.34. The van der Waals surface area contributed by atoms with E-state index in [2.05, 4.69) is 0 Å². The molecule has 0 spiro atoms. The van der Waals surface area contributed by atoms with Crippen LogP contribution in [0.15, 0.2) is 0 Å². The van der Waals surface area contributed by atoms with Gasteiger partial charge in [0.25, 0.3) is 0 Å². The summed E-state index contributed by atoms with van der Waals surface area (Å²) in [4.78, 5) is 8.00. The molecule has 0 bridgehead atoms. The second kappa shape index (κ2) is 16.2. The van der Waals surface area contributed by atoms with E-state index in [1.807, 2.05) is 6.79 Å². The number of hydrogen-bond acceptors (Lipinski definition) is 5.